The average Bonchev–Trinajstić information content (AvgIpc) is 2.97. The zero-order valence-electron chi connectivity index (χ0n) is 17.2. The summed E-state index contributed by atoms with van der Waals surface area (Å²) in [4.78, 5) is 24.7. The molecule has 0 aliphatic heterocycles. The van der Waals surface area contributed by atoms with E-state index in [-0.39, 0.29) is 11.2 Å². The van der Waals surface area contributed by atoms with Crippen molar-refractivity contribution in [3.8, 4) is 5.69 Å². The third-order valence-corrected chi connectivity index (χ3v) is 5.72. The molecule has 1 heterocycles. The van der Waals surface area contributed by atoms with Gasteiger partial charge in [0, 0.05) is 34.6 Å². The number of hydrogen-bond donors (Lipinski definition) is 1. The monoisotopic (exact) mass is 386 g/mol. The van der Waals surface area contributed by atoms with Crippen molar-refractivity contribution in [1.82, 2.24) is 4.57 Å². The molecule has 0 bridgehead atoms. The van der Waals surface area contributed by atoms with Gasteiger partial charge in [-0.3, -0.25) is 9.59 Å². The molecule has 0 radical (unpaired) electrons. The topological polar surface area (TPSA) is 65.1 Å². The number of aryl methyl sites for hydroxylation is 1. The standard InChI is InChI=1S/C25H26N2O2/c1-16-11-21-22(14-25(2,3)15-23(21)28)27(16)19-9-10-20(24(26)29)18(13-19)12-17-7-5-4-6-8-17/h4-11,13H,12,14-15H2,1-3H3,(H2,26,29). The predicted octanol–water partition coefficient (Wildman–Crippen LogP) is 4.63. The number of benzene rings is 2. The lowest BCUT2D eigenvalue weighted by molar-refractivity contribution is 0.0910. The van der Waals surface area contributed by atoms with Crippen LogP contribution in [-0.4, -0.2) is 16.3 Å². The average molecular weight is 386 g/mol. The van der Waals surface area contributed by atoms with Crippen molar-refractivity contribution in [2.45, 2.75) is 40.0 Å². The van der Waals surface area contributed by atoms with Gasteiger partial charge in [0.05, 0.1) is 0 Å². The molecule has 0 saturated heterocycles. The van der Waals surface area contributed by atoms with Gasteiger partial charge < -0.3 is 10.3 Å². The Morgan fingerprint density at radius 2 is 1.79 bits per heavy atom. The summed E-state index contributed by atoms with van der Waals surface area (Å²) in [5.74, 6) is -0.221. The Kier molecular flexibility index (Phi) is 4.65. The van der Waals surface area contributed by atoms with E-state index in [0.29, 0.717) is 18.4 Å². The molecule has 29 heavy (non-hydrogen) atoms. The van der Waals surface area contributed by atoms with Gasteiger partial charge in [-0.05, 0) is 60.6 Å². The van der Waals surface area contributed by atoms with Gasteiger partial charge in [-0.15, -0.1) is 0 Å². The molecule has 1 amide bonds. The first-order valence-corrected chi connectivity index (χ1v) is 9.97. The van der Waals surface area contributed by atoms with E-state index < -0.39 is 5.91 Å². The Bertz CT molecular complexity index is 1110. The van der Waals surface area contributed by atoms with Gasteiger partial charge in [-0.1, -0.05) is 44.2 Å². The second kappa shape index (κ2) is 7.03. The van der Waals surface area contributed by atoms with Gasteiger partial charge in [-0.25, -0.2) is 0 Å². The molecule has 0 spiro atoms. The zero-order chi connectivity index (χ0) is 20.8. The minimum absolute atomic E-state index is 0.0628. The SMILES string of the molecule is Cc1cc2c(n1-c1ccc(C(N)=O)c(Cc3ccccc3)c1)CC(C)(C)CC2=O. The largest absolute Gasteiger partial charge is 0.366 e. The lowest BCUT2D eigenvalue weighted by Crippen LogP contribution is -2.27. The third-order valence-electron chi connectivity index (χ3n) is 5.72. The van der Waals surface area contributed by atoms with E-state index in [4.69, 9.17) is 5.73 Å². The van der Waals surface area contributed by atoms with Crippen LogP contribution in [-0.2, 0) is 12.8 Å². The zero-order valence-corrected chi connectivity index (χ0v) is 17.2. The summed E-state index contributed by atoms with van der Waals surface area (Å²) in [5, 5.41) is 0. The fourth-order valence-electron chi connectivity index (χ4n) is 4.43. The van der Waals surface area contributed by atoms with E-state index >= 15 is 0 Å². The van der Waals surface area contributed by atoms with E-state index in [1.807, 2.05) is 55.5 Å². The quantitative estimate of drug-likeness (QED) is 0.710. The lowest BCUT2D eigenvalue weighted by Gasteiger charge is -2.30. The van der Waals surface area contributed by atoms with Gasteiger partial charge in [0.15, 0.2) is 5.78 Å². The molecular weight excluding hydrogens is 360 g/mol. The molecule has 0 fully saturated rings. The molecule has 4 nitrogen and oxygen atoms in total. The Balaban J connectivity index is 1.84. The van der Waals surface area contributed by atoms with Gasteiger partial charge in [0.1, 0.15) is 0 Å². The summed E-state index contributed by atoms with van der Waals surface area (Å²) in [6.45, 7) is 6.30. The van der Waals surface area contributed by atoms with Crippen molar-refractivity contribution < 1.29 is 9.59 Å². The van der Waals surface area contributed by atoms with Crippen LogP contribution in [0, 0.1) is 12.3 Å². The number of amides is 1. The van der Waals surface area contributed by atoms with Crippen LogP contribution in [0.3, 0.4) is 0 Å². The molecule has 2 N–H and O–H groups in total. The number of nitrogens with zero attached hydrogens (tertiary/aromatic N) is 1. The highest BCUT2D eigenvalue weighted by Gasteiger charge is 2.34. The number of primary amides is 1. The van der Waals surface area contributed by atoms with Crippen molar-refractivity contribution in [2.24, 2.45) is 11.1 Å². The van der Waals surface area contributed by atoms with E-state index in [1.54, 1.807) is 6.07 Å². The Labute approximate surface area is 171 Å². The first kappa shape index (κ1) is 19.2. The number of carbonyl (C=O) groups is 2. The van der Waals surface area contributed by atoms with Crippen LogP contribution in [0.4, 0.5) is 0 Å². The molecule has 1 aromatic heterocycles. The van der Waals surface area contributed by atoms with E-state index in [1.165, 1.54) is 0 Å². The molecule has 4 heteroatoms. The van der Waals surface area contributed by atoms with Gasteiger partial charge in [-0.2, -0.15) is 0 Å². The summed E-state index contributed by atoms with van der Waals surface area (Å²) >= 11 is 0. The van der Waals surface area contributed by atoms with Gasteiger partial charge in [0.2, 0.25) is 5.91 Å². The summed E-state index contributed by atoms with van der Waals surface area (Å²) in [6, 6.07) is 17.8. The maximum absolute atomic E-state index is 12.7. The normalized spacial score (nSPS) is 15.2. The van der Waals surface area contributed by atoms with E-state index in [0.717, 1.165) is 40.2 Å². The fraction of sp³-hybridized carbons (Fsp3) is 0.280. The first-order chi connectivity index (χ1) is 13.7. The van der Waals surface area contributed by atoms with Crippen molar-refractivity contribution in [3.05, 3.63) is 88.2 Å². The van der Waals surface area contributed by atoms with Crippen LogP contribution < -0.4 is 5.73 Å². The number of carbonyl (C=O) groups excluding carboxylic acids is 2. The summed E-state index contributed by atoms with van der Waals surface area (Å²) in [7, 11) is 0. The van der Waals surface area contributed by atoms with Crippen LogP contribution in [0.25, 0.3) is 5.69 Å². The highest BCUT2D eigenvalue weighted by molar-refractivity contribution is 5.99. The summed E-state index contributed by atoms with van der Waals surface area (Å²) in [6.07, 6.45) is 2.04. The molecule has 0 atom stereocenters. The van der Waals surface area contributed by atoms with Crippen molar-refractivity contribution in [3.63, 3.8) is 0 Å². The van der Waals surface area contributed by atoms with Crippen molar-refractivity contribution in [2.75, 3.05) is 0 Å². The van der Waals surface area contributed by atoms with Crippen LogP contribution >= 0.6 is 0 Å². The summed E-state index contributed by atoms with van der Waals surface area (Å²) in [5.41, 5.74) is 12.0. The Morgan fingerprint density at radius 3 is 2.48 bits per heavy atom. The molecule has 1 aliphatic carbocycles. The molecule has 3 aromatic rings. The van der Waals surface area contributed by atoms with E-state index in [2.05, 4.69) is 18.4 Å². The molecule has 148 valence electrons. The Morgan fingerprint density at radius 1 is 1.07 bits per heavy atom. The number of nitrogens with two attached hydrogens (primary N) is 1. The van der Waals surface area contributed by atoms with Crippen molar-refractivity contribution in [1.29, 1.82) is 0 Å². The second-order valence-corrected chi connectivity index (χ2v) is 8.79. The number of rotatable bonds is 4. The van der Waals surface area contributed by atoms with Crippen LogP contribution in [0.15, 0.2) is 54.6 Å². The minimum Gasteiger partial charge on any atom is -0.366 e. The highest BCUT2D eigenvalue weighted by atomic mass is 16.1. The highest BCUT2D eigenvalue weighted by Crippen LogP contribution is 2.37. The summed E-state index contributed by atoms with van der Waals surface area (Å²) < 4.78 is 2.16. The Hall–Kier alpha value is -3.14. The molecule has 2 aromatic carbocycles. The molecule has 1 aliphatic rings. The number of ketones is 1. The smallest absolute Gasteiger partial charge is 0.248 e. The fourth-order valence-corrected chi connectivity index (χ4v) is 4.43. The number of hydrogen-bond acceptors (Lipinski definition) is 2. The maximum Gasteiger partial charge on any atom is 0.248 e. The van der Waals surface area contributed by atoms with Crippen LogP contribution in [0.2, 0.25) is 0 Å². The van der Waals surface area contributed by atoms with Gasteiger partial charge >= 0.3 is 0 Å². The molecule has 4 rings (SSSR count). The first-order valence-electron chi connectivity index (χ1n) is 9.97. The predicted molar refractivity (Wildman–Crippen MR) is 115 cm³/mol. The lowest BCUT2D eigenvalue weighted by atomic mass is 9.76. The second-order valence-electron chi connectivity index (χ2n) is 8.79. The number of fused-ring (bicyclic) bond motifs is 1. The minimum atomic E-state index is -0.426. The molecule has 0 saturated carbocycles. The molecule has 0 unspecified atom stereocenters. The van der Waals surface area contributed by atoms with E-state index in [9.17, 15) is 9.59 Å². The molecular formula is C25H26N2O2. The van der Waals surface area contributed by atoms with Gasteiger partial charge in [0.25, 0.3) is 0 Å². The van der Waals surface area contributed by atoms with Crippen LogP contribution in [0.5, 0.6) is 0 Å². The van der Waals surface area contributed by atoms with Crippen LogP contribution in [0.1, 0.15) is 63.5 Å². The number of Topliss-reactive ketones (excluding diaryl/α,β-unsaturated/α-hetero) is 1. The van der Waals surface area contributed by atoms with Crippen molar-refractivity contribution >= 4 is 11.7 Å². The maximum atomic E-state index is 12.7. The number of aromatic nitrogens is 1. The third kappa shape index (κ3) is 3.63.